The minimum Gasteiger partial charge on any atom is -0.491 e. The van der Waals surface area contributed by atoms with Crippen molar-refractivity contribution in [1.82, 2.24) is 0 Å². The summed E-state index contributed by atoms with van der Waals surface area (Å²) in [5.41, 5.74) is 1.61. The van der Waals surface area contributed by atoms with Gasteiger partial charge >= 0.3 is 0 Å². The molecule has 0 atom stereocenters. The predicted octanol–water partition coefficient (Wildman–Crippen LogP) is 1.87. The molecule has 0 spiro atoms. The Labute approximate surface area is 119 Å². The summed E-state index contributed by atoms with van der Waals surface area (Å²) in [4.78, 5) is 10.7. The second kappa shape index (κ2) is 10.4. The molecule has 0 amide bonds. The number of carbonyl (C=O) groups is 1. The highest BCUT2D eigenvalue weighted by Crippen LogP contribution is 2.18. The van der Waals surface area contributed by atoms with Crippen LogP contribution in [0.5, 0.6) is 5.75 Å². The van der Waals surface area contributed by atoms with Crippen molar-refractivity contribution < 1.29 is 23.7 Å². The van der Waals surface area contributed by atoms with Crippen molar-refractivity contribution in [3.63, 3.8) is 0 Å². The van der Waals surface area contributed by atoms with Crippen LogP contribution in [-0.2, 0) is 14.2 Å². The lowest BCUT2D eigenvalue weighted by Crippen LogP contribution is -2.12. The maximum atomic E-state index is 10.7. The van der Waals surface area contributed by atoms with Crippen LogP contribution in [-0.4, -0.2) is 53.0 Å². The van der Waals surface area contributed by atoms with Gasteiger partial charge in [0.15, 0.2) is 0 Å². The molecule has 0 N–H and O–H groups in total. The van der Waals surface area contributed by atoms with E-state index in [1.165, 1.54) is 0 Å². The van der Waals surface area contributed by atoms with Crippen LogP contribution in [0.4, 0.5) is 0 Å². The molecule has 0 radical (unpaired) electrons. The van der Waals surface area contributed by atoms with Crippen LogP contribution in [0.2, 0.25) is 0 Å². The molecule has 0 aromatic heterocycles. The Morgan fingerprint density at radius 1 is 1.00 bits per heavy atom. The van der Waals surface area contributed by atoms with Gasteiger partial charge in [-0.3, -0.25) is 4.79 Å². The highest BCUT2D eigenvalue weighted by molar-refractivity contribution is 5.75. The van der Waals surface area contributed by atoms with Crippen molar-refractivity contribution in [2.45, 2.75) is 6.92 Å². The van der Waals surface area contributed by atoms with E-state index in [1.54, 1.807) is 19.2 Å². The summed E-state index contributed by atoms with van der Waals surface area (Å²) in [5.74, 6) is 0.717. The third-order valence-electron chi connectivity index (χ3n) is 2.64. The van der Waals surface area contributed by atoms with Gasteiger partial charge in [-0.25, -0.2) is 0 Å². The van der Waals surface area contributed by atoms with E-state index in [0.29, 0.717) is 45.2 Å². The topological polar surface area (TPSA) is 54.0 Å². The van der Waals surface area contributed by atoms with E-state index in [9.17, 15) is 4.79 Å². The number of aldehydes is 1. The first-order chi connectivity index (χ1) is 9.77. The minimum atomic E-state index is 0.446. The Hall–Kier alpha value is -1.43. The number of aryl methyl sites for hydroxylation is 1. The summed E-state index contributed by atoms with van der Waals surface area (Å²) in [5, 5.41) is 0. The van der Waals surface area contributed by atoms with Gasteiger partial charge in [0.1, 0.15) is 18.6 Å². The largest absolute Gasteiger partial charge is 0.491 e. The van der Waals surface area contributed by atoms with Crippen LogP contribution in [0, 0.1) is 6.92 Å². The highest BCUT2D eigenvalue weighted by atomic mass is 16.6. The zero-order chi connectivity index (χ0) is 14.6. The van der Waals surface area contributed by atoms with Crippen molar-refractivity contribution in [3.8, 4) is 5.75 Å². The van der Waals surface area contributed by atoms with Crippen LogP contribution in [0.3, 0.4) is 0 Å². The molecular formula is C15H22O5. The van der Waals surface area contributed by atoms with Gasteiger partial charge < -0.3 is 18.9 Å². The van der Waals surface area contributed by atoms with Crippen molar-refractivity contribution in [3.05, 3.63) is 29.3 Å². The fourth-order valence-electron chi connectivity index (χ4n) is 1.52. The van der Waals surface area contributed by atoms with E-state index < -0.39 is 0 Å². The van der Waals surface area contributed by atoms with Crippen molar-refractivity contribution in [2.24, 2.45) is 0 Å². The van der Waals surface area contributed by atoms with E-state index in [-0.39, 0.29) is 0 Å². The number of carbonyl (C=O) groups excluding carboxylic acids is 1. The second-order valence-electron chi connectivity index (χ2n) is 4.21. The van der Waals surface area contributed by atoms with Gasteiger partial charge in [-0.1, -0.05) is 12.1 Å². The first kappa shape index (κ1) is 16.6. The smallest absolute Gasteiger partial charge is 0.150 e. The van der Waals surface area contributed by atoms with Crippen LogP contribution < -0.4 is 4.74 Å². The highest BCUT2D eigenvalue weighted by Gasteiger charge is 2.01. The van der Waals surface area contributed by atoms with Gasteiger partial charge in [-0.05, 0) is 18.6 Å². The standard InChI is InChI=1S/C15H22O5/c1-13-3-4-14(12-16)11-15(13)20-10-9-19-8-7-18-6-5-17-2/h3-4,11-12H,5-10H2,1-2H3. The number of methoxy groups -OCH3 is 1. The van der Waals surface area contributed by atoms with Crippen molar-refractivity contribution in [2.75, 3.05) is 46.8 Å². The Balaban J connectivity index is 2.10. The lowest BCUT2D eigenvalue weighted by molar-refractivity contribution is 0.0179. The normalized spacial score (nSPS) is 10.5. The molecule has 112 valence electrons. The first-order valence-corrected chi connectivity index (χ1v) is 6.61. The Morgan fingerprint density at radius 3 is 2.30 bits per heavy atom. The molecular weight excluding hydrogens is 260 g/mol. The van der Waals surface area contributed by atoms with Gasteiger partial charge in [-0.15, -0.1) is 0 Å². The molecule has 20 heavy (non-hydrogen) atoms. The lowest BCUT2D eigenvalue weighted by Gasteiger charge is -2.10. The van der Waals surface area contributed by atoms with Gasteiger partial charge in [0.2, 0.25) is 0 Å². The van der Waals surface area contributed by atoms with Gasteiger partial charge in [0.05, 0.1) is 33.0 Å². The summed E-state index contributed by atoms with van der Waals surface area (Å²) < 4.78 is 21.1. The maximum Gasteiger partial charge on any atom is 0.150 e. The lowest BCUT2D eigenvalue weighted by atomic mass is 10.1. The van der Waals surface area contributed by atoms with Crippen molar-refractivity contribution in [1.29, 1.82) is 0 Å². The number of hydrogen-bond donors (Lipinski definition) is 0. The fourth-order valence-corrected chi connectivity index (χ4v) is 1.52. The summed E-state index contributed by atoms with van der Waals surface area (Å²) in [6.45, 7) is 5.11. The van der Waals surface area contributed by atoms with E-state index in [1.807, 2.05) is 13.0 Å². The molecule has 0 saturated heterocycles. The molecule has 0 fully saturated rings. The van der Waals surface area contributed by atoms with Gasteiger partial charge in [0, 0.05) is 12.7 Å². The third kappa shape index (κ3) is 6.65. The molecule has 0 aliphatic heterocycles. The van der Waals surface area contributed by atoms with Crippen LogP contribution in [0.25, 0.3) is 0 Å². The van der Waals surface area contributed by atoms with Crippen LogP contribution in [0.15, 0.2) is 18.2 Å². The molecule has 0 aliphatic rings. The Bertz CT molecular complexity index is 392. The molecule has 0 unspecified atom stereocenters. The molecule has 5 nitrogen and oxygen atoms in total. The first-order valence-electron chi connectivity index (χ1n) is 6.61. The summed E-state index contributed by atoms with van der Waals surface area (Å²) in [7, 11) is 1.64. The van der Waals surface area contributed by atoms with Gasteiger partial charge in [-0.2, -0.15) is 0 Å². The molecule has 1 rings (SSSR count). The SMILES string of the molecule is COCCOCCOCCOc1cc(C=O)ccc1C. The zero-order valence-electron chi connectivity index (χ0n) is 12.1. The van der Waals surface area contributed by atoms with Crippen LogP contribution in [0.1, 0.15) is 15.9 Å². The van der Waals surface area contributed by atoms with Crippen molar-refractivity contribution >= 4 is 6.29 Å². The fraction of sp³-hybridized carbons (Fsp3) is 0.533. The number of hydrogen-bond acceptors (Lipinski definition) is 5. The molecule has 0 aliphatic carbocycles. The Kier molecular flexibility index (Phi) is 8.62. The summed E-state index contributed by atoms with van der Waals surface area (Å²) in [6, 6.07) is 5.36. The molecule has 5 heteroatoms. The number of benzene rings is 1. The monoisotopic (exact) mass is 282 g/mol. The summed E-state index contributed by atoms with van der Waals surface area (Å²) >= 11 is 0. The third-order valence-corrected chi connectivity index (χ3v) is 2.64. The molecule has 0 saturated carbocycles. The molecule has 0 bridgehead atoms. The van der Waals surface area contributed by atoms with Gasteiger partial charge in [0.25, 0.3) is 0 Å². The number of rotatable bonds is 11. The Morgan fingerprint density at radius 2 is 1.65 bits per heavy atom. The molecule has 1 aromatic rings. The average Bonchev–Trinajstić information content (AvgIpc) is 2.47. The maximum absolute atomic E-state index is 10.7. The molecule has 1 aromatic carbocycles. The zero-order valence-corrected chi connectivity index (χ0v) is 12.1. The van der Waals surface area contributed by atoms with E-state index in [2.05, 4.69) is 0 Å². The molecule has 0 heterocycles. The average molecular weight is 282 g/mol. The van der Waals surface area contributed by atoms with E-state index >= 15 is 0 Å². The van der Waals surface area contributed by atoms with E-state index in [4.69, 9.17) is 18.9 Å². The van der Waals surface area contributed by atoms with Crippen LogP contribution >= 0.6 is 0 Å². The second-order valence-corrected chi connectivity index (χ2v) is 4.21. The minimum absolute atomic E-state index is 0.446. The quantitative estimate of drug-likeness (QED) is 0.458. The van der Waals surface area contributed by atoms with E-state index in [0.717, 1.165) is 17.6 Å². The number of ether oxygens (including phenoxy) is 4. The summed E-state index contributed by atoms with van der Waals surface area (Å²) in [6.07, 6.45) is 0.806. The predicted molar refractivity (Wildman–Crippen MR) is 75.6 cm³/mol.